The van der Waals surface area contributed by atoms with E-state index in [-0.39, 0.29) is 0 Å². The lowest BCUT2D eigenvalue weighted by molar-refractivity contribution is 0.987. The van der Waals surface area contributed by atoms with Gasteiger partial charge in [-0.3, -0.25) is 0 Å². The summed E-state index contributed by atoms with van der Waals surface area (Å²) in [6.07, 6.45) is 0.929. The van der Waals surface area contributed by atoms with Gasteiger partial charge in [-0.25, -0.2) is 0 Å². The van der Waals surface area contributed by atoms with Crippen molar-refractivity contribution in [2.75, 3.05) is 17.7 Å². The lowest BCUT2D eigenvalue weighted by Gasteiger charge is -2.04. The van der Waals surface area contributed by atoms with E-state index in [1.165, 1.54) is 0 Å². The second-order valence-electron chi connectivity index (χ2n) is 2.66. The van der Waals surface area contributed by atoms with Gasteiger partial charge in [-0.2, -0.15) is 5.26 Å². The molecular formula is C10H11ClN2. The number of anilines is 1. The van der Waals surface area contributed by atoms with Gasteiger partial charge in [0.05, 0.1) is 11.6 Å². The van der Waals surface area contributed by atoms with Gasteiger partial charge in [-0.05, 0) is 24.6 Å². The number of nitrogens with zero attached hydrogens (tertiary/aromatic N) is 1. The number of rotatable bonds is 4. The maximum Gasteiger partial charge on any atom is 0.0992 e. The van der Waals surface area contributed by atoms with Gasteiger partial charge in [-0.1, -0.05) is 6.07 Å². The van der Waals surface area contributed by atoms with Crippen molar-refractivity contribution >= 4 is 17.3 Å². The van der Waals surface area contributed by atoms with Gasteiger partial charge in [0.15, 0.2) is 0 Å². The van der Waals surface area contributed by atoms with Crippen LogP contribution in [0.2, 0.25) is 0 Å². The van der Waals surface area contributed by atoms with Crippen molar-refractivity contribution in [2.45, 2.75) is 6.42 Å². The van der Waals surface area contributed by atoms with Crippen LogP contribution in [0.3, 0.4) is 0 Å². The minimum Gasteiger partial charge on any atom is -0.385 e. The Morgan fingerprint density at radius 1 is 1.46 bits per heavy atom. The summed E-state index contributed by atoms with van der Waals surface area (Å²) in [5.41, 5.74) is 1.65. The molecule has 2 nitrogen and oxygen atoms in total. The largest absolute Gasteiger partial charge is 0.385 e. The van der Waals surface area contributed by atoms with Gasteiger partial charge in [0.2, 0.25) is 0 Å². The number of hydrogen-bond acceptors (Lipinski definition) is 2. The zero-order valence-electron chi connectivity index (χ0n) is 7.26. The first kappa shape index (κ1) is 9.88. The minimum atomic E-state index is 0.658. The van der Waals surface area contributed by atoms with E-state index < -0.39 is 0 Å². The molecule has 0 bridgehead atoms. The van der Waals surface area contributed by atoms with Crippen molar-refractivity contribution < 1.29 is 0 Å². The quantitative estimate of drug-likeness (QED) is 0.591. The van der Waals surface area contributed by atoms with E-state index in [0.717, 1.165) is 18.7 Å². The lowest BCUT2D eigenvalue weighted by atomic mass is 10.2. The molecule has 0 aliphatic rings. The average Bonchev–Trinajstić information content (AvgIpc) is 2.19. The first-order valence-corrected chi connectivity index (χ1v) is 4.70. The van der Waals surface area contributed by atoms with E-state index in [1.807, 2.05) is 18.2 Å². The van der Waals surface area contributed by atoms with Crippen LogP contribution in [-0.4, -0.2) is 12.4 Å². The molecule has 0 unspecified atom stereocenters. The fourth-order valence-electron chi connectivity index (χ4n) is 0.998. The van der Waals surface area contributed by atoms with E-state index >= 15 is 0 Å². The van der Waals surface area contributed by atoms with Gasteiger partial charge in [0.25, 0.3) is 0 Å². The molecule has 0 atom stereocenters. The Hall–Kier alpha value is -1.20. The van der Waals surface area contributed by atoms with Crippen LogP contribution in [-0.2, 0) is 0 Å². The van der Waals surface area contributed by atoms with Crippen molar-refractivity contribution in [2.24, 2.45) is 0 Å². The highest BCUT2D eigenvalue weighted by Gasteiger charge is 1.93. The molecule has 0 aliphatic carbocycles. The predicted octanol–water partition coefficient (Wildman–Crippen LogP) is 2.60. The highest BCUT2D eigenvalue weighted by Crippen LogP contribution is 2.09. The zero-order chi connectivity index (χ0) is 9.52. The van der Waals surface area contributed by atoms with E-state index in [0.29, 0.717) is 11.4 Å². The number of nitriles is 1. The summed E-state index contributed by atoms with van der Waals surface area (Å²) < 4.78 is 0. The molecule has 0 heterocycles. The number of benzene rings is 1. The highest BCUT2D eigenvalue weighted by molar-refractivity contribution is 6.17. The van der Waals surface area contributed by atoms with Crippen LogP contribution >= 0.6 is 11.6 Å². The van der Waals surface area contributed by atoms with E-state index in [9.17, 15) is 0 Å². The van der Waals surface area contributed by atoms with Gasteiger partial charge < -0.3 is 5.32 Å². The third kappa shape index (κ3) is 3.35. The standard InChI is InChI=1S/C10H11ClN2/c11-5-2-6-13-10-4-1-3-9(7-10)8-12/h1,3-4,7,13H,2,5-6H2. The lowest BCUT2D eigenvalue weighted by Crippen LogP contribution is -2.01. The first-order valence-electron chi connectivity index (χ1n) is 4.17. The molecule has 1 rings (SSSR count). The van der Waals surface area contributed by atoms with Gasteiger partial charge in [0, 0.05) is 18.1 Å². The van der Waals surface area contributed by atoms with Crippen molar-refractivity contribution in [1.82, 2.24) is 0 Å². The average molecular weight is 195 g/mol. The maximum atomic E-state index is 8.63. The Balaban J connectivity index is 2.52. The highest BCUT2D eigenvalue weighted by atomic mass is 35.5. The molecule has 0 spiro atoms. The normalized spacial score (nSPS) is 9.23. The molecule has 1 N–H and O–H groups in total. The molecule has 1 aromatic carbocycles. The topological polar surface area (TPSA) is 35.8 Å². The van der Waals surface area contributed by atoms with Crippen LogP contribution in [0.15, 0.2) is 24.3 Å². The molecule has 0 aliphatic heterocycles. The number of alkyl halides is 1. The molecular weight excluding hydrogens is 184 g/mol. The fourth-order valence-corrected chi connectivity index (χ4v) is 1.13. The van der Waals surface area contributed by atoms with Crippen LogP contribution in [0, 0.1) is 11.3 Å². The summed E-state index contributed by atoms with van der Waals surface area (Å²) in [6.45, 7) is 0.846. The molecule has 68 valence electrons. The maximum absolute atomic E-state index is 8.63. The summed E-state index contributed by atoms with van der Waals surface area (Å²) in [6, 6.07) is 9.51. The van der Waals surface area contributed by atoms with Crippen LogP contribution < -0.4 is 5.32 Å². The van der Waals surface area contributed by atoms with E-state index in [1.54, 1.807) is 6.07 Å². The molecule has 0 saturated heterocycles. The third-order valence-electron chi connectivity index (χ3n) is 1.63. The predicted molar refractivity (Wildman–Crippen MR) is 55.0 cm³/mol. The van der Waals surface area contributed by atoms with Crippen molar-refractivity contribution in [3.63, 3.8) is 0 Å². The second-order valence-corrected chi connectivity index (χ2v) is 3.04. The smallest absolute Gasteiger partial charge is 0.0992 e. The molecule has 1 aromatic rings. The number of hydrogen-bond donors (Lipinski definition) is 1. The Kier molecular flexibility index (Phi) is 4.14. The molecule has 3 heteroatoms. The molecule has 0 aromatic heterocycles. The molecule has 0 amide bonds. The van der Waals surface area contributed by atoms with E-state index in [4.69, 9.17) is 16.9 Å². The first-order chi connectivity index (χ1) is 6.36. The fraction of sp³-hybridized carbons (Fsp3) is 0.300. The van der Waals surface area contributed by atoms with Gasteiger partial charge in [0.1, 0.15) is 0 Å². The Morgan fingerprint density at radius 2 is 2.31 bits per heavy atom. The minimum absolute atomic E-state index is 0.658. The van der Waals surface area contributed by atoms with Crippen LogP contribution in [0.5, 0.6) is 0 Å². The van der Waals surface area contributed by atoms with Crippen LogP contribution in [0.25, 0.3) is 0 Å². The van der Waals surface area contributed by atoms with E-state index in [2.05, 4.69) is 11.4 Å². The van der Waals surface area contributed by atoms with Crippen molar-refractivity contribution in [1.29, 1.82) is 5.26 Å². The van der Waals surface area contributed by atoms with Gasteiger partial charge >= 0.3 is 0 Å². The third-order valence-corrected chi connectivity index (χ3v) is 1.90. The summed E-state index contributed by atoms with van der Waals surface area (Å²) in [7, 11) is 0. The number of halogens is 1. The monoisotopic (exact) mass is 194 g/mol. The molecule has 0 saturated carbocycles. The summed E-state index contributed by atoms with van der Waals surface area (Å²) in [5, 5.41) is 11.8. The van der Waals surface area contributed by atoms with Gasteiger partial charge in [-0.15, -0.1) is 11.6 Å². The Morgan fingerprint density at radius 3 is 3.00 bits per heavy atom. The summed E-state index contributed by atoms with van der Waals surface area (Å²) in [4.78, 5) is 0. The molecule has 13 heavy (non-hydrogen) atoms. The zero-order valence-corrected chi connectivity index (χ0v) is 8.01. The summed E-state index contributed by atoms with van der Waals surface area (Å²) >= 11 is 5.53. The SMILES string of the molecule is N#Cc1cccc(NCCCCl)c1. The Bertz CT molecular complexity index is 304. The Labute approximate surface area is 83.1 Å². The number of nitrogens with one attached hydrogen (secondary N) is 1. The molecule has 0 radical (unpaired) electrons. The summed E-state index contributed by atoms with van der Waals surface area (Å²) in [5.74, 6) is 0.658. The van der Waals surface area contributed by atoms with Crippen LogP contribution in [0.1, 0.15) is 12.0 Å². The van der Waals surface area contributed by atoms with Crippen molar-refractivity contribution in [3.8, 4) is 6.07 Å². The second kappa shape index (κ2) is 5.45. The van der Waals surface area contributed by atoms with Crippen LogP contribution in [0.4, 0.5) is 5.69 Å². The molecule has 0 fully saturated rings. The van der Waals surface area contributed by atoms with Crippen molar-refractivity contribution in [3.05, 3.63) is 29.8 Å².